The highest BCUT2D eigenvalue weighted by Crippen LogP contribution is 2.70. The zero-order valence-corrected chi connectivity index (χ0v) is 14.6. The molecule has 1 N–H and O–H groups in total. The molecular formula is C21H24N2O2. The summed E-state index contributed by atoms with van der Waals surface area (Å²) in [5, 5.41) is 3.54. The van der Waals surface area contributed by atoms with Gasteiger partial charge < -0.3 is 10.1 Å². The van der Waals surface area contributed by atoms with Crippen molar-refractivity contribution in [3.05, 3.63) is 54.6 Å². The molecule has 25 heavy (non-hydrogen) atoms. The molecule has 1 saturated carbocycles. The molecule has 4 aliphatic rings. The maximum absolute atomic E-state index is 13.2. The van der Waals surface area contributed by atoms with Crippen LogP contribution in [0.25, 0.3) is 0 Å². The first-order valence-electron chi connectivity index (χ1n) is 9.11. The number of hydrogen-bond acceptors (Lipinski definition) is 4. The van der Waals surface area contributed by atoms with Crippen LogP contribution >= 0.6 is 0 Å². The van der Waals surface area contributed by atoms with Gasteiger partial charge in [0.1, 0.15) is 0 Å². The predicted molar refractivity (Wildman–Crippen MR) is 97.4 cm³/mol. The molecule has 2 fully saturated rings. The molecule has 5 rings (SSSR count). The number of nitrogens with one attached hydrogen (secondary N) is 1. The lowest BCUT2D eigenvalue weighted by Crippen LogP contribution is -2.58. The fraction of sp³-hybridized carbons (Fsp3) is 0.476. The van der Waals surface area contributed by atoms with Gasteiger partial charge in [0.25, 0.3) is 0 Å². The molecule has 1 aromatic rings. The maximum Gasteiger partial charge on any atom is 0.314 e. The highest BCUT2D eigenvalue weighted by Gasteiger charge is 2.76. The minimum Gasteiger partial charge on any atom is -0.469 e. The lowest BCUT2D eigenvalue weighted by molar-refractivity contribution is -0.156. The van der Waals surface area contributed by atoms with E-state index in [1.54, 1.807) is 0 Å². The van der Waals surface area contributed by atoms with E-state index in [9.17, 15) is 4.79 Å². The first-order valence-corrected chi connectivity index (χ1v) is 9.11. The van der Waals surface area contributed by atoms with Crippen LogP contribution in [0.5, 0.6) is 0 Å². The number of anilines is 1. The van der Waals surface area contributed by atoms with Crippen LogP contribution in [0.1, 0.15) is 18.4 Å². The van der Waals surface area contributed by atoms with Crippen LogP contribution in [0, 0.1) is 10.8 Å². The molecule has 1 saturated heterocycles. The summed E-state index contributed by atoms with van der Waals surface area (Å²) in [5.74, 6) is -0.0830. The van der Waals surface area contributed by atoms with Crippen molar-refractivity contribution >= 4 is 11.7 Å². The number of carbonyl (C=O) groups is 1. The van der Waals surface area contributed by atoms with Gasteiger partial charge >= 0.3 is 5.97 Å². The second kappa shape index (κ2) is 4.76. The molecule has 0 unspecified atom stereocenters. The average molecular weight is 336 g/mol. The van der Waals surface area contributed by atoms with Crippen LogP contribution in [0.15, 0.2) is 49.1 Å². The second-order valence-electron chi connectivity index (χ2n) is 7.99. The average Bonchev–Trinajstić information content (AvgIpc) is 3.18. The Balaban J connectivity index is 1.85. The van der Waals surface area contributed by atoms with Crippen LogP contribution in [0.2, 0.25) is 0 Å². The summed E-state index contributed by atoms with van der Waals surface area (Å²) >= 11 is 0. The summed E-state index contributed by atoms with van der Waals surface area (Å²) in [6.45, 7) is 6.79. The summed E-state index contributed by atoms with van der Waals surface area (Å²) in [7, 11) is 1.52. The van der Waals surface area contributed by atoms with E-state index in [1.807, 2.05) is 0 Å². The van der Waals surface area contributed by atoms with Crippen molar-refractivity contribution < 1.29 is 9.53 Å². The fourth-order valence-corrected chi connectivity index (χ4v) is 6.53. The number of rotatable bonds is 2. The van der Waals surface area contributed by atoms with Crippen LogP contribution in [-0.2, 0) is 14.9 Å². The Morgan fingerprint density at radius 3 is 3.08 bits per heavy atom. The van der Waals surface area contributed by atoms with Crippen molar-refractivity contribution in [2.24, 2.45) is 10.8 Å². The SMILES string of the molecule is C=C[C@]12C=CCN3CC[C@@]4(c5ccccc5NC[C@@]4(C(=O)OC)C1)[C@@H]32. The van der Waals surface area contributed by atoms with Gasteiger partial charge in [0.2, 0.25) is 0 Å². The van der Waals surface area contributed by atoms with E-state index in [4.69, 9.17) is 4.74 Å². The smallest absolute Gasteiger partial charge is 0.314 e. The molecule has 0 bridgehead atoms. The van der Waals surface area contributed by atoms with E-state index in [-0.39, 0.29) is 22.8 Å². The van der Waals surface area contributed by atoms with Crippen molar-refractivity contribution in [2.75, 3.05) is 32.1 Å². The van der Waals surface area contributed by atoms with E-state index in [1.165, 1.54) is 18.4 Å². The summed E-state index contributed by atoms with van der Waals surface area (Å²) in [5.41, 5.74) is 1.48. The molecule has 0 radical (unpaired) electrons. The van der Waals surface area contributed by atoms with Gasteiger partial charge in [0.15, 0.2) is 0 Å². The molecule has 4 heteroatoms. The molecule has 0 aromatic heterocycles. The van der Waals surface area contributed by atoms with Gasteiger partial charge in [0.05, 0.1) is 12.5 Å². The number of nitrogens with zero attached hydrogens (tertiary/aromatic N) is 1. The second-order valence-corrected chi connectivity index (χ2v) is 7.99. The van der Waals surface area contributed by atoms with Crippen molar-refractivity contribution in [2.45, 2.75) is 24.3 Å². The van der Waals surface area contributed by atoms with E-state index in [0.29, 0.717) is 6.54 Å². The third kappa shape index (κ3) is 1.51. The van der Waals surface area contributed by atoms with E-state index in [2.05, 4.69) is 59.3 Å². The van der Waals surface area contributed by atoms with Crippen molar-refractivity contribution in [3.8, 4) is 0 Å². The molecule has 1 aliphatic carbocycles. The Morgan fingerprint density at radius 2 is 2.28 bits per heavy atom. The zero-order valence-electron chi connectivity index (χ0n) is 14.6. The van der Waals surface area contributed by atoms with Gasteiger partial charge in [-0.1, -0.05) is 36.4 Å². The first-order chi connectivity index (χ1) is 12.1. The van der Waals surface area contributed by atoms with E-state index in [0.717, 1.165) is 25.9 Å². The third-order valence-electron chi connectivity index (χ3n) is 7.31. The van der Waals surface area contributed by atoms with E-state index >= 15 is 0 Å². The minimum absolute atomic E-state index is 0.0830. The minimum atomic E-state index is -0.557. The Morgan fingerprint density at radius 1 is 1.44 bits per heavy atom. The number of methoxy groups -OCH3 is 1. The monoisotopic (exact) mass is 336 g/mol. The number of carbonyl (C=O) groups excluding carboxylic acids is 1. The predicted octanol–water partition coefficient (Wildman–Crippen LogP) is 2.73. The number of ether oxygens (including phenoxy) is 1. The number of fused-ring (bicyclic) bond motifs is 1. The number of esters is 1. The van der Waals surface area contributed by atoms with Crippen molar-refractivity contribution in [3.63, 3.8) is 0 Å². The summed E-state index contributed by atoms with van der Waals surface area (Å²) in [4.78, 5) is 15.8. The molecule has 130 valence electrons. The van der Waals surface area contributed by atoms with Gasteiger partial charge in [-0.15, -0.1) is 6.58 Å². The first kappa shape index (κ1) is 15.2. The summed E-state index contributed by atoms with van der Waals surface area (Å²) in [6, 6.07) is 8.78. The summed E-state index contributed by atoms with van der Waals surface area (Å²) in [6.07, 6.45) is 8.38. The zero-order chi connectivity index (χ0) is 17.3. The Bertz CT molecular complexity index is 803. The maximum atomic E-state index is 13.2. The quantitative estimate of drug-likeness (QED) is 0.666. The van der Waals surface area contributed by atoms with Gasteiger partial charge in [-0.05, 0) is 31.0 Å². The fourth-order valence-electron chi connectivity index (χ4n) is 6.53. The lowest BCUT2D eigenvalue weighted by atomic mass is 9.57. The molecule has 0 amide bonds. The molecule has 4 atom stereocenters. The molecular weight excluding hydrogens is 312 g/mol. The Kier molecular flexibility index (Phi) is 2.89. The molecule has 1 aromatic carbocycles. The molecule has 3 heterocycles. The third-order valence-corrected chi connectivity index (χ3v) is 7.31. The number of benzene rings is 1. The van der Waals surface area contributed by atoms with Crippen LogP contribution in [0.4, 0.5) is 5.69 Å². The highest BCUT2D eigenvalue weighted by molar-refractivity contribution is 5.85. The summed E-state index contributed by atoms with van der Waals surface area (Å²) < 4.78 is 5.39. The van der Waals surface area contributed by atoms with Gasteiger partial charge in [-0.3, -0.25) is 9.69 Å². The highest BCUT2D eigenvalue weighted by atomic mass is 16.5. The topological polar surface area (TPSA) is 41.6 Å². The Labute approximate surface area is 148 Å². The Hall–Kier alpha value is -2.07. The van der Waals surface area contributed by atoms with Crippen LogP contribution in [-0.4, -0.2) is 43.7 Å². The number of para-hydroxylation sites is 1. The molecule has 3 aliphatic heterocycles. The normalized spacial score (nSPS) is 40.6. The van der Waals surface area contributed by atoms with Crippen LogP contribution in [0.3, 0.4) is 0 Å². The lowest BCUT2D eigenvalue weighted by Gasteiger charge is -2.49. The van der Waals surface area contributed by atoms with Gasteiger partial charge in [-0.2, -0.15) is 0 Å². The van der Waals surface area contributed by atoms with E-state index < -0.39 is 5.41 Å². The molecule has 4 nitrogen and oxygen atoms in total. The van der Waals surface area contributed by atoms with Crippen molar-refractivity contribution in [1.29, 1.82) is 0 Å². The van der Waals surface area contributed by atoms with Crippen LogP contribution < -0.4 is 5.32 Å². The largest absolute Gasteiger partial charge is 0.469 e. The standard InChI is InChI=1S/C21H24N2O2/c1-3-19-9-6-11-23-12-10-21(17(19)23)15-7-4-5-8-16(15)22-14-20(21,13-19)18(24)25-2/h3-9,17,22H,1,10-14H2,2H3/t17-,19-,20+,21+/m0/s1. The van der Waals surface area contributed by atoms with Crippen molar-refractivity contribution in [1.82, 2.24) is 4.90 Å². The van der Waals surface area contributed by atoms with Gasteiger partial charge in [0, 0.05) is 35.6 Å². The van der Waals surface area contributed by atoms with Gasteiger partial charge in [-0.25, -0.2) is 0 Å². The number of hydrogen-bond donors (Lipinski definition) is 1. The molecule has 1 spiro atoms.